The van der Waals surface area contributed by atoms with Crippen molar-refractivity contribution in [2.75, 3.05) is 13.1 Å². The number of hydrogen-bond donors (Lipinski definition) is 10. The molecule has 17 nitrogen and oxygen atoms in total. The van der Waals surface area contributed by atoms with Gasteiger partial charge in [0.25, 0.3) is 23.5 Å². The Balaban J connectivity index is 2.17. The number of carbonyl (C=O) groups excluding carboxylic acids is 7. The number of unbranched alkanes of at least 4 members (excludes halogenated alkanes) is 3. The van der Waals surface area contributed by atoms with Crippen molar-refractivity contribution in [2.24, 2.45) is 34.6 Å². The molecule has 15 N–H and O–H groups in total. The fourth-order valence-electron chi connectivity index (χ4n) is 5.85. The lowest BCUT2D eigenvalue weighted by Crippen LogP contribution is -2.62. The summed E-state index contributed by atoms with van der Waals surface area (Å²) in [5.41, 5.74) is 31.5. The van der Waals surface area contributed by atoms with Crippen LogP contribution in [0.25, 0.3) is 11.1 Å². The van der Waals surface area contributed by atoms with E-state index in [0.29, 0.717) is 44.3 Å². The highest BCUT2D eigenvalue weighted by molar-refractivity contribution is 6.37. The van der Waals surface area contributed by atoms with Crippen molar-refractivity contribution in [1.29, 1.82) is 0 Å². The van der Waals surface area contributed by atoms with Gasteiger partial charge in [0, 0.05) is 5.56 Å². The molecule has 314 valence electrons. The van der Waals surface area contributed by atoms with Crippen molar-refractivity contribution >= 4 is 41.2 Å². The number of rotatable bonds is 26. The normalized spacial score (nSPS) is 13.7. The summed E-state index contributed by atoms with van der Waals surface area (Å²) in [5.74, 6) is -6.44. The summed E-state index contributed by atoms with van der Waals surface area (Å²) in [6.07, 6.45) is 2.41. The number of benzene rings is 2. The first-order valence-corrected chi connectivity index (χ1v) is 19.6. The lowest BCUT2D eigenvalue weighted by molar-refractivity contribution is -0.139. The van der Waals surface area contributed by atoms with E-state index in [1.807, 2.05) is 12.1 Å². The van der Waals surface area contributed by atoms with Crippen molar-refractivity contribution in [3.8, 4) is 11.1 Å². The van der Waals surface area contributed by atoms with Gasteiger partial charge in [-0.25, -0.2) is 0 Å². The van der Waals surface area contributed by atoms with E-state index in [9.17, 15) is 33.6 Å². The molecule has 2 aromatic rings. The highest BCUT2D eigenvalue weighted by Gasteiger charge is 2.31. The summed E-state index contributed by atoms with van der Waals surface area (Å²) < 4.78 is 0. The number of carbonyl (C=O) groups is 7. The van der Waals surface area contributed by atoms with Crippen LogP contribution in [0.15, 0.2) is 48.5 Å². The molecule has 0 aliphatic carbocycles. The van der Waals surface area contributed by atoms with Crippen LogP contribution in [0.1, 0.15) is 94.5 Å². The van der Waals surface area contributed by atoms with E-state index in [2.05, 4.69) is 57.8 Å². The van der Waals surface area contributed by atoms with Crippen LogP contribution < -0.4 is 55.3 Å². The van der Waals surface area contributed by atoms with Gasteiger partial charge in [0.05, 0.1) is 0 Å². The number of amides is 6. The molecule has 2 aromatic carbocycles. The molecule has 0 fully saturated rings. The highest BCUT2D eigenvalue weighted by atomic mass is 16.2. The van der Waals surface area contributed by atoms with E-state index in [1.165, 1.54) is 5.56 Å². The summed E-state index contributed by atoms with van der Waals surface area (Å²) in [7, 11) is 0. The van der Waals surface area contributed by atoms with E-state index in [-0.39, 0.29) is 25.2 Å². The second-order valence-corrected chi connectivity index (χ2v) is 14.4. The minimum Gasteiger partial charge on any atom is -0.363 e. The first-order valence-electron chi connectivity index (χ1n) is 19.6. The maximum absolute atomic E-state index is 13.7. The Hall–Kier alpha value is -5.23. The quantitative estimate of drug-likeness (QED) is 0.0341. The Morgan fingerprint density at radius 3 is 1.56 bits per heavy atom. The van der Waals surface area contributed by atoms with Gasteiger partial charge in [-0.15, -0.1) is 0 Å². The topological polar surface area (TPSA) is 310 Å². The number of aryl methyl sites for hydroxylation is 1. The standard InChI is InChI=1S/C40H62N10O7/c1-4-5-10-25-13-15-26(16-14-25)27-17-19-28(20-18-27)36(53)46-29(11-6-8-21-41)37(54)47-30(12-7-9-22-42)38(55)50-34(44)40(57)48-31(23-24(2)3)39(56)49-33(43)32(51)35(45)52/h13-20,24,29-31,33-34H,4-12,21-23,41-44H2,1-3H3,(H2,45,52)(H,46,53)(H,47,54)(H,48,57)(H,49,56)(H,50,55)/t29-,30?,31?,33+,34+/m0/s1. The third kappa shape index (κ3) is 16.8. The van der Waals surface area contributed by atoms with Crippen molar-refractivity contribution < 1.29 is 33.6 Å². The molecule has 0 radical (unpaired) electrons. The van der Waals surface area contributed by atoms with Gasteiger partial charge in [-0.2, -0.15) is 0 Å². The molecule has 2 rings (SSSR count). The van der Waals surface area contributed by atoms with Crippen molar-refractivity contribution in [1.82, 2.24) is 26.6 Å². The van der Waals surface area contributed by atoms with E-state index in [1.54, 1.807) is 26.0 Å². The summed E-state index contributed by atoms with van der Waals surface area (Å²) in [6, 6.07) is 11.9. The molecular weight excluding hydrogens is 733 g/mol. The number of nitrogens with one attached hydrogen (secondary N) is 5. The average molecular weight is 795 g/mol. The molecule has 0 spiro atoms. The minimum absolute atomic E-state index is 0.0852. The predicted octanol–water partition coefficient (Wildman–Crippen LogP) is -0.0753. The van der Waals surface area contributed by atoms with Crippen molar-refractivity contribution in [2.45, 2.75) is 115 Å². The SMILES string of the molecule is CCCCc1ccc(-c2ccc(C(=O)N[C@@H](CCCCN)C(=O)NC(CCCCN)C(=O)N[C@@H](N)C(=O)NC(CC(C)C)C(=O)N[C@@H](N)C(=O)C(N)=O)cc2)cc1. The molecule has 2 unspecified atom stereocenters. The summed E-state index contributed by atoms with van der Waals surface area (Å²) in [4.78, 5) is 89.6. The largest absolute Gasteiger partial charge is 0.363 e. The Labute approximate surface area is 334 Å². The van der Waals surface area contributed by atoms with Gasteiger partial charge in [0.1, 0.15) is 24.3 Å². The number of nitrogens with two attached hydrogens (primary N) is 5. The molecule has 17 heteroatoms. The van der Waals surface area contributed by atoms with Crippen molar-refractivity contribution in [3.63, 3.8) is 0 Å². The number of Topliss-reactive ketones (excluding diaryl/α,β-unsaturated/α-hetero) is 1. The first kappa shape index (κ1) is 47.9. The van der Waals surface area contributed by atoms with Crippen LogP contribution in [0.4, 0.5) is 0 Å². The van der Waals surface area contributed by atoms with Gasteiger partial charge >= 0.3 is 0 Å². The van der Waals surface area contributed by atoms with Crippen LogP contribution in [-0.4, -0.2) is 84.8 Å². The maximum atomic E-state index is 13.7. The molecule has 0 saturated heterocycles. The zero-order valence-corrected chi connectivity index (χ0v) is 33.3. The number of hydrogen-bond acceptors (Lipinski definition) is 11. The van der Waals surface area contributed by atoms with Crippen LogP contribution in [-0.2, 0) is 35.2 Å². The van der Waals surface area contributed by atoms with Gasteiger partial charge in [0.15, 0.2) is 6.17 Å². The Morgan fingerprint density at radius 2 is 1.05 bits per heavy atom. The monoisotopic (exact) mass is 794 g/mol. The predicted molar refractivity (Wildman–Crippen MR) is 217 cm³/mol. The van der Waals surface area contributed by atoms with Gasteiger partial charge in [-0.3, -0.25) is 33.6 Å². The fourth-order valence-corrected chi connectivity index (χ4v) is 5.85. The zero-order valence-electron chi connectivity index (χ0n) is 33.3. The van der Waals surface area contributed by atoms with E-state index < -0.39 is 71.7 Å². The smallest absolute Gasteiger partial charge is 0.288 e. The third-order valence-electron chi connectivity index (χ3n) is 9.15. The number of ketones is 1. The Morgan fingerprint density at radius 1 is 0.579 bits per heavy atom. The second kappa shape index (κ2) is 25.1. The molecule has 0 aliphatic heterocycles. The summed E-state index contributed by atoms with van der Waals surface area (Å²) >= 11 is 0. The van der Waals surface area contributed by atoms with Gasteiger partial charge in [-0.1, -0.05) is 63.6 Å². The summed E-state index contributed by atoms with van der Waals surface area (Å²) in [6.45, 7) is 6.41. The zero-order chi connectivity index (χ0) is 42.5. The molecule has 0 aliphatic rings. The minimum atomic E-state index is -1.74. The average Bonchev–Trinajstić information content (AvgIpc) is 3.18. The molecular formula is C40H62N10O7. The van der Waals surface area contributed by atoms with Gasteiger partial charge in [-0.05, 0) is 106 Å². The highest BCUT2D eigenvalue weighted by Crippen LogP contribution is 2.21. The van der Waals surface area contributed by atoms with Gasteiger partial charge < -0.3 is 55.3 Å². The van der Waals surface area contributed by atoms with Gasteiger partial charge in [0.2, 0.25) is 17.7 Å². The Bertz CT molecular complexity index is 1640. The van der Waals surface area contributed by atoms with E-state index in [0.717, 1.165) is 30.4 Å². The molecule has 5 atom stereocenters. The molecule has 0 saturated carbocycles. The van der Waals surface area contributed by atoms with Crippen molar-refractivity contribution in [3.05, 3.63) is 59.7 Å². The number of primary amides is 1. The first-order chi connectivity index (χ1) is 27.1. The third-order valence-corrected chi connectivity index (χ3v) is 9.15. The van der Waals surface area contributed by atoms with E-state index >= 15 is 0 Å². The lowest BCUT2D eigenvalue weighted by atomic mass is 10.0. The lowest BCUT2D eigenvalue weighted by Gasteiger charge is -2.26. The van der Waals surface area contributed by atoms with Crippen LogP contribution in [0, 0.1) is 5.92 Å². The van der Waals surface area contributed by atoms with E-state index in [4.69, 9.17) is 28.7 Å². The summed E-state index contributed by atoms with van der Waals surface area (Å²) in [5, 5.41) is 12.4. The molecule has 6 amide bonds. The van der Waals surface area contributed by atoms with Crippen LogP contribution in [0.3, 0.4) is 0 Å². The molecule has 0 aromatic heterocycles. The maximum Gasteiger partial charge on any atom is 0.288 e. The molecule has 57 heavy (non-hydrogen) atoms. The second-order valence-electron chi connectivity index (χ2n) is 14.4. The molecule has 0 bridgehead atoms. The van der Waals surface area contributed by atoms with Crippen LogP contribution in [0.2, 0.25) is 0 Å². The van der Waals surface area contributed by atoms with Crippen LogP contribution >= 0.6 is 0 Å². The Kier molecular flexibility index (Phi) is 21.1. The van der Waals surface area contributed by atoms with Crippen LogP contribution in [0.5, 0.6) is 0 Å². The fraction of sp³-hybridized carbons (Fsp3) is 0.525. The molecule has 0 heterocycles.